The van der Waals surface area contributed by atoms with Gasteiger partial charge in [-0.05, 0) is 30.7 Å². The fourth-order valence-electron chi connectivity index (χ4n) is 2.51. The third-order valence-corrected chi connectivity index (χ3v) is 3.81. The standard InChI is InChI=1S/C19H21NO4/c1-2-3-11-20(15-7-5-4-6-8-15)19(21)13-22-16-9-10-17-18(12-16)24-14-23-17/h4-10,12H,2-3,11,13-14H2,1H3. The molecule has 126 valence electrons. The number of para-hydroxylation sites is 1. The Labute approximate surface area is 141 Å². The zero-order valence-electron chi connectivity index (χ0n) is 13.7. The molecular formula is C19H21NO4. The first-order valence-electron chi connectivity index (χ1n) is 8.16. The lowest BCUT2D eigenvalue weighted by Gasteiger charge is -2.22. The van der Waals surface area contributed by atoms with E-state index in [1.54, 1.807) is 23.1 Å². The van der Waals surface area contributed by atoms with E-state index < -0.39 is 0 Å². The maximum Gasteiger partial charge on any atom is 0.264 e. The summed E-state index contributed by atoms with van der Waals surface area (Å²) in [6, 6.07) is 15.0. The number of anilines is 1. The fraction of sp³-hybridized carbons (Fsp3) is 0.316. The molecule has 0 unspecified atom stereocenters. The molecule has 2 aromatic carbocycles. The van der Waals surface area contributed by atoms with Gasteiger partial charge in [0.2, 0.25) is 6.79 Å². The first-order valence-corrected chi connectivity index (χ1v) is 8.16. The van der Waals surface area contributed by atoms with Crippen LogP contribution >= 0.6 is 0 Å². The number of unbranched alkanes of at least 4 members (excludes halogenated alkanes) is 1. The van der Waals surface area contributed by atoms with E-state index in [2.05, 4.69) is 6.92 Å². The van der Waals surface area contributed by atoms with Crippen LogP contribution in [0.4, 0.5) is 5.69 Å². The van der Waals surface area contributed by atoms with Crippen molar-refractivity contribution < 1.29 is 19.0 Å². The van der Waals surface area contributed by atoms with Crippen LogP contribution in [0.2, 0.25) is 0 Å². The Bertz CT molecular complexity index is 687. The summed E-state index contributed by atoms with van der Waals surface area (Å²) in [6.07, 6.45) is 1.98. The van der Waals surface area contributed by atoms with Crippen LogP contribution in [0.1, 0.15) is 19.8 Å². The zero-order valence-corrected chi connectivity index (χ0v) is 13.7. The van der Waals surface area contributed by atoms with Gasteiger partial charge in [-0.1, -0.05) is 31.5 Å². The lowest BCUT2D eigenvalue weighted by molar-refractivity contribution is -0.120. The number of hydrogen-bond donors (Lipinski definition) is 0. The Morgan fingerprint density at radius 2 is 1.92 bits per heavy atom. The predicted octanol–water partition coefficient (Wildman–Crippen LogP) is 3.63. The molecule has 3 rings (SSSR count). The molecule has 5 nitrogen and oxygen atoms in total. The highest BCUT2D eigenvalue weighted by Gasteiger charge is 2.17. The maximum absolute atomic E-state index is 12.6. The van der Waals surface area contributed by atoms with Crippen molar-refractivity contribution in [1.82, 2.24) is 0 Å². The second-order valence-electron chi connectivity index (χ2n) is 5.54. The molecule has 2 aromatic rings. The monoisotopic (exact) mass is 327 g/mol. The van der Waals surface area contributed by atoms with E-state index in [0.29, 0.717) is 23.8 Å². The minimum atomic E-state index is -0.0627. The number of amides is 1. The molecule has 1 aliphatic heterocycles. The highest BCUT2D eigenvalue weighted by atomic mass is 16.7. The van der Waals surface area contributed by atoms with Crippen LogP contribution in [0.5, 0.6) is 17.2 Å². The average molecular weight is 327 g/mol. The second-order valence-corrected chi connectivity index (χ2v) is 5.54. The van der Waals surface area contributed by atoms with E-state index >= 15 is 0 Å². The van der Waals surface area contributed by atoms with Gasteiger partial charge in [-0.15, -0.1) is 0 Å². The number of rotatable bonds is 7. The van der Waals surface area contributed by atoms with Crippen LogP contribution in [-0.2, 0) is 4.79 Å². The van der Waals surface area contributed by atoms with Crippen LogP contribution in [0.25, 0.3) is 0 Å². The fourth-order valence-corrected chi connectivity index (χ4v) is 2.51. The molecule has 0 bridgehead atoms. The molecule has 1 aliphatic rings. The normalized spacial score (nSPS) is 12.0. The lowest BCUT2D eigenvalue weighted by atomic mass is 10.2. The van der Waals surface area contributed by atoms with Crippen molar-refractivity contribution in [3.63, 3.8) is 0 Å². The first kappa shape index (κ1) is 16.2. The van der Waals surface area contributed by atoms with Gasteiger partial charge < -0.3 is 19.1 Å². The van der Waals surface area contributed by atoms with E-state index in [0.717, 1.165) is 18.5 Å². The molecule has 1 amide bonds. The van der Waals surface area contributed by atoms with E-state index in [4.69, 9.17) is 14.2 Å². The van der Waals surface area contributed by atoms with Crippen LogP contribution < -0.4 is 19.1 Å². The van der Waals surface area contributed by atoms with Gasteiger partial charge in [-0.3, -0.25) is 4.79 Å². The maximum atomic E-state index is 12.6. The van der Waals surface area contributed by atoms with E-state index in [1.165, 1.54) is 0 Å². The van der Waals surface area contributed by atoms with Crippen LogP contribution in [-0.4, -0.2) is 25.9 Å². The van der Waals surface area contributed by atoms with E-state index in [9.17, 15) is 4.79 Å². The van der Waals surface area contributed by atoms with Gasteiger partial charge in [-0.25, -0.2) is 0 Å². The molecule has 5 heteroatoms. The summed E-state index contributed by atoms with van der Waals surface area (Å²) in [7, 11) is 0. The van der Waals surface area contributed by atoms with Crippen LogP contribution in [0.15, 0.2) is 48.5 Å². The third-order valence-electron chi connectivity index (χ3n) is 3.81. The zero-order chi connectivity index (χ0) is 16.8. The van der Waals surface area contributed by atoms with Crippen molar-refractivity contribution in [2.45, 2.75) is 19.8 Å². The topological polar surface area (TPSA) is 48.0 Å². The summed E-state index contributed by atoms with van der Waals surface area (Å²) in [4.78, 5) is 14.4. The molecule has 0 aromatic heterocycles. The van der Waals surface area contributed by atoms with Gasteiger partial charge >= 0.3 is 0 Å². The Morgan fingerprint density at radius 1 is 1.12 bits per heavy atom. The molecule has 0 N–H and O–H groups in total. The summed E-state index contributed by atoms with van der Waals surface area (Å²) in [5.41, 5.74) is 0.894. The number of nitrogens with zero attached hydrogens (tertiary/aromatic N) is 1. The summed E-state index contributed by atoms with van der Waals surface area (Å²) in [5, 5.41) is 0. The molecule has 0 radical (unpaired) electrons. The van der Waals surface area contributed by atoms with Crippen molar-refractivity contribution in [3.8, 4) is 17.2 Å². The predicted molar refractivity (Wildman–Crippen MR) is 91.8 cm³/mol. The third kappa shape index (κ3) is 3.79. The molecule has 0 saturated carbocycles. The molecule has 0 fully saturated rings. The highest BCUT2D eigenvalue weighted by Crippen LogP contribution is 2.35. The quantitative estimate of drug-likeness (QED) is 0.779. The number of fused-ring (bicyclic) bond motifs is 1. The molecular weight excluding hydrogens is 306 g/mol. The first-order chi connectivity index (χ1) is 11.8. The lowest BCUT2D eigenvalue weighted by Crippen LogP contribution is -2.35. The van der Waals surface area contributed by atoms with Crippen LogP contribution in [0, 0.1) is 0 Å². The van der Waals surface area contributed by atoms with Gasteiger partial charge in [0.1, 0.15) is 5.75 Å². The minimum absolute atomic E-state index is 0.0156. The van der Waals surface area contributed by atoms with Crippen molar-refractivity contribution in [1.29, 1.82) is 0 Å². The summed E-state index contributed by atoms with van der Waals surface area (Å²) < 4.78 is 16.2. The molecule has 24 heavy (non-hydrogen) atoms. The Hall–Kier alpha value is -2.69. The van der Waals surface area contributed by atoms with E-state index in [1.807, 2.05) is 30.3 Å². The van der Waals surface area contributed by atoms with Crippen molar-refractivity contribution >= 4 is 11.6 Å². The summed E-state index contributed by atoms with van der Waals surface area (Å²) in [6.45, 7) is 3.00. The Kier molecular flexibility index (Phi) is 5.21. The number of carbonyl (C=O) groups excluding carboxylic acids is 1. The van der Waals surface area contributed by atoms with Gasteiger partial charge in [0.25, 0.3) is 5.91 Å². The average Bonchev–Trinajstić information content (AvgIpc) is 3.09. The van der Waals surface area contributed by atoms with Crippen molar-refractivity contribution in [2.75, 3.05) is 24.8 Å². The SMILES string of the molecule is CCCCN(C(=O)COc1ccc2c(c1)OCO2)c1ccccc1. The van der Waals surface area contributed by atoms with Crippen molar-refractivity contribution in [3.05, 3.63) is 48.5 Å². The van der Waals surface area contributed by atoms with Crippen molar-refractivity contribution in [2.24, 2.45) is 0 Å². The molecule has 0 aliphatic carbocycles. The number of hydrogen-bond acceptors (Lipinski definition) is 4. The second kappa shape index (κ2) is 7.73. The number of ether oxygens (including phenoxy) is 3. The van der Waals surface area contributed by atoms with Gasteiger partial charge in [0, 0.05) is 18.3 Å². The molecule has 0 spiro atoms. The number of benzene rings is 2. The largest absolute Gasteiger partial charge is 0.484 e. The van der Waals surface area contributed by atoms with E-state index in [-0.39, 0.29) is 19.3 Å². The molecule has 0 saturated heterocycles. The van der Waals surface area contributed by atoms with Gasteiger partial charge in [-0.2, -0.15) is 0 Å². The Balaban J connectivity index is 1.65. The smallest absolute Gasteiger partial charge is 0.264 e. The van der Waals surface area contributed by atoms with Crippen LogP contribution in [0.3, 0.4) is 0 Å². The molecule has 0 atom stereocenters. The number of carbonyl (C=O) groups is 1. The molecule has 1 heterocycles. The minimum Gasteiger partial charge on any atom is -0.484 e. The van der Waals surface area contributed by atoms with Gasteiger partial charge in [0.05, 0.1) is 0 Å². The summed E-state index contributed by atoms with van der Waals surface area (Å²) >= 11 is 0. The highest BCUT2D eigenvalue weighted by molar-refractivity contribution is 5.94. The Morgan fingerprint density at radius 3 is 2.71 bits per heavy atom. The summed E-state index contributed by atoms with van der Waals surface area (Å²) in [5.74, 6) is 1.87. The van der Waals surface area contributed by atoms with Gasteiger partial charge in [0.15, 0.2) is 18.1 Å².